The molecule has 26 heavy (non-hydrogen) atoms. The highest BCUT2D eigenvalue weighted by Crippen LogP contribution is 2.38. The van der Waals surface area contributed by atoms with Crippen molar-refractivity contribution >= 4 is 11.6 Å². The number of rotatable bonds is 2. The number of anilines is 1. The largest absolute Gasteiger partial charge is 0.416 e. The topological polar surface area (TPSA) is 46.3 Å². The van der Waals surface area contributed by atoms with E-state index in [0.717, 1.165) is 11.0 Å². The van der Waals surface area contributed by atoms with Gasteiger partial charge < -0.3 is 10.6 Å². The minimum atomic E-state index is -4.66. The quantitative estimate of drug-likeness (QED) is 0.814. The van der Waals surface area contributed by atoms with E-state index in [0.29, 0.717) is 23.8 Å². The summed E-state index contributed by atoms with van der Waals surface area (Å²) >= 11 is 0. The van der Waals surface area contributed by atoms with Gasteiger partial charge in [0.15, 0.2) is 0 Å². The van der Waals surface area contributed by atoms with Gasteiger partial charge in [0, 0.05) is 5.56 Å². The Kier molecular flexibility index (Phi) is 4.47. The zero-order chi connectivity index (χ0) is 19.2. The fourth-order valence-corrected chi connectivity index (χ4v) is 3.13. The molecule has 0 saturated heterocycles. The Labute approximate surface area is 146 Å². The van der Waals surface area contributed by atoms with Crippen molar-refractivity contribution < 1.29 is 26.7 Å². The van der Waals surface area contributed by atoms with Crippen LogP contribution in [0.3, 0.4) is 0 Å². The van der Waals surface area contributed by atoms with Gasteiger partial charge in [0.25, 0.3) is 0 Å². The lowest BCUT2D eigenvalue weighted by Crippen LogP contribution is -2.50. The summed E-state index contributed by atoms with van der Waals surface area (Å²) in [5, 5.41) is 0. The van der Waals surface area contributed by atoms with E-state index in [9.17, 15) is 26.7 Å². The summed E-state index contributed by atoms with van der Waals surface area (Å²) in [6.45, 7) is 1.38. The van der Waals surface area contributed by atoms with Crippen molar-refractivity contribution in [2.24, 2.45) is 5.73 Å². The molecule has 1 unspecified atom stereocenters. The van der Waals surface area contributed by atoms with E-state index in [1.165, 1.54) is 19.1 Å². The predicted molar refractivity (Wildman–Crippen MR) is 85.4 cm³/mol. The monoisotopic (exact) mass is 370 g/mol. The van der Waals surface area contributed by atoms with Gasteiger partial charge >= 0.3 is 6.18 Å². The third-order valence-corrected chi connectivity index (χ3v) is 4.46. The Morgan fingerprint density at radius 2 is 1.85 bits per heavy atom. The van der Waals surface area contributed by atoms with Gasteiger partial charge in [0.1, 0.15) is 11.6 Å². The molecule has 1 aliphatic heterocycles. The van der Waals surface area contributed by atoms with E-state index in [1.807, 2.05) is 0 Å². The van der Waals surface area contributed by atoms with Gasteiger partial charge in [-0.1, -0.05) is 6.07 Å². The number of carbonyl (C=O) groups excluding carboxylic acids is 1. The van der Waals surface area contributed by atoms with Crippen LogP contribution in [0.4, 0.5) is 27.6 Å². The number of nitrogens with zero attached hydrogens (tertiary/aromatic N) is 1. The van der Waals surface area contributed by atoms with Crippen LogP contribution in [0.15, 0.2) is 36.4 Å². The first kappa shape index (κ1) is 18.3. The number of hydrogen-bond donors (Lipinski definition) is 1. The number of alkyl halides is 3. The van der Waals surface area contributed by atoms with Gasteiger partial charge in [-0.3, -0.25) is 4.79 Å². The van der Waals surface area contributed by atoms with Crippen LogP contribution >= 0.6 is 0 Å². The summed E-state index contributed by atoms with van der Waals surface area (Å²) in [5.41, 5.74) is 5.21. The van der Waals surface area contributed by atoms with Gasteiger partial charge in [-0.05, 0) is 49.2 Å². The average molecular weight is 370 g/mol. The van der Waals surface area contributed by atoms with E-state index in [4.69, 9.17) is 5.73 Å². The molecule has 0 aromatic heterocycles. The molecule has 0 radical (unpaired) electrons. The van der Waals surface area contributed by atoms with Crippen LogP contribution in [0.25, 0.3) is 0 Å². The summed E-state index contributed by atoms with van der Waals surface area (Å²) < 4.78 is 66.8. The second-order valence-electron chi connectivity index (χ2n) is 6.20. The SMILES string of the molecule is CC(c1cc(C(F)(F)F)ccc1F)N1C(=O)[C@H](N)Cc2ccc(F)cc21. The standard InChI is InChI=1S/C18H15F5N2O/c1-9(13-7-11(18(21,22)23)3-5-14(13)20)25-16-8-12(19)4-2-10(16)6-15(24)17(25)26/h2-5,7-9,15H,6,24H2,1H3/t9?,15-/m1/s1. The minimum absolute atomic E-state index is 0.169. The molecule has 1 heterocycles. The number of fused-ring (bicyclic) bond motifs is 1. The molecule has 8 heteroatoms. The molecule has 1 aliphatic rings. The molecule has 138 valence electrons. The maximum Gasteiger partial charge on any atom is 0.416 e. The van der Waals surface area contributed by atoms with E-state index in [2.05, 4.69) is 0 Å². The maximum absolute atomic E-state index is 14.2. The molecule has 0 spiro atoms. The van der Waals surface area contributed by atoms with Crippen molar-refractivity contribution in [2.75, 3.05) is 4.90 Å². The molecule has 0 fully saturated rings. The van der Waals surface area contributed by atoms with Crippen molar-refractivity contribution in [3.63, 3.8) is 0 Å². The second-order valence-corrected chi connectivity index (χ2v) is 6.20. The first-order chi connectivity index (χ1) is 12.1. The number of carbonyl (C=O) groups is 1. The zero-order valence-corrected chi connectivity index (χ0v) is 13.6. The van der Waals surface area contributed by atoms with Crippen LogP contribution in [-0.4, -0.2) is 11.9 Å². The summed E-state index contributed by atoms with van der Waals surface area (Å²) in [4.78, 5) is 13.6. The minimum Gasteiger partial charge on any atom is -0.320 e. The average Bonchev–Trinajstić information content (AvgIpc) is 2.55. The Bertz CT molecular complexity index is 865. The molecular formula is C18H15F5N2O. The molecule has 3 nitrogen and oxygen atoms in total. The third kappa shape index (κ3) is 3.16. The third-order valence-electron chi connectivity index (χ3n) is 4.46. The Morgan fingerprint density at radius 3 is 2.50 bits per heavy atom. The number of benzene rings is 2. The summed E-state index contributed by atoms with van der Waals surface area (Å²) in [7, 11) is 0. The smallest absolute Gasteiger partial charge is 0.320 e. The summed E-state index contributed by atoms with van der Waals surface area (Å²) in [6.07, 6.45) is -4.49. The molecule has 2 aromatic rings. The second kappa shape index (κ2) is 6.35. The molecule has 2 aromatic carbocycles. The van der Waals surface area contributed by atoms with Gasteiger partial charge in [-0.15, -0.1) is 0 Å². The highest BCUT2D eigenvalue weighted by molar-refractivity contribution is 6.00. The lowest BCUT2D eigenvalue weighted by molar-refractivity contribution is -0.137. The van der Waals surface area contributed by atoms with Crippen molar-refractivity contribution in [1.82, 2.24) is 0 Å². The number of hydrogen-bond acceptors (Lipinski definition) is 2. The Morgan fingerprint density at radius 1 is 1.15 bits per heavy atom. The molecule has 3 rings (SSSR count). The Balaban J connectivity index is 2.11. The molecular weight excluding hydrogens is 355 g/mol. The molecule has 2 atom stereocenters. The van der Waals surface area contributed by atoms with Gasteiger partial charge in [0.2, 0.25) is 5.91 Å². The summed E-state index contributed by atoms with van der Waals surface area (Å²) in [6, 6.07) is 3.71. The lowest BCUT2D eigenvalue weighted by Gasteiger charge is -2.37. The molecule has 1 amide bonds. The van der Waals surface area contributed by atoms with Crippen LogP contribution < -0.4 is 10.6 Å². The van der Waals surface area contributed by atoms with Crippen LogP contribution in [0, 0.1) is 11.6 Å². The van der Waals surface area contributed by atoms with E-state index in [-0.39, 0.29) is 17.7 Å². The lowest BCUT2D eigenvalue weighted by atomic mass is 9.93. The normalized spacial score (nSPS) is 18.7. The maximum atomic E-state index is 14.2. The van der Waals surface area contributed by atoms with Crippen LogP contribution in [0.1, 0.15) is 29.7 Å². The van der Waals surface area contributed by atoms with E-state index >= 15 is 0 Å². The van der Waals surface area contributed by atoms with Gasteiger partial charge in [-0.25, -0.2) is 8.78 Å². The van der Waals surface area contributed by atoms with Gasteiger partial charge in [0.05, 0.1) is 23.3 Å². The van der Waals surface area contributed by atoms with Gasteiger partial charge in [-0.2, -0.15) is 13.2 Å². The van der Waals surface area contributed by atoms with Crippen molar-refractivity contribution in [2.45, 2.75) is 31.6 Å². The zero-order valence-electron chi connectivity index (χ0n) is 13.6. The molecule has 0 bridgehead atoms. The molecule has 2 N–H and O–H groups in total. The van der Waals surface area contributed by atoms with Crippen LogP contribution in [-0.2, 0) is 17.4 Å². The fourth-order valence-electron chi connectivity index (χ4n) is 3.13. The highest BCUT2D eigenvalue weighted by Gasteiger charge is 2.37. The summed E-state index contributed by atoms with van der Waals surface area (Å²) in [5.74, 6) is -2.11. The number of amides is 1. The first-order valence-electron chi connectivity index (χ1n) is 7.83. The van der Waals surface area contributed by atoms with Crippen LogP contribution in [0.5, 0.6) is 0 Å². The highest BCUT2D eigenvalue weighted by atomic mass is 19.4. The van der Waals surface area contributed by atoms with Crippen molar-refractivity contribution in [1.29, 1.82) is 0 Å². The van der Waals surface area contributed by atoms with E-state index in [1.54, 1.807) is 0 Å². The molecule has 0 saturated carbocycles. The fraction of sp³-hybridized carbons (Fsp3) is 0.278. The Hall–Kier alpha value is -2.48. The number of halogens is 5. The number of nitrogens with two attached hydrogens (primary N) is 1. The van der Waals surface area contributed by atoms with E-state index < -0.39 is 41.4 Å². The first-order valence-corrected chi connectivity index (χ1v) is 7.83. The molecule has 0 aliphatic carbocycles. The van der Waals surface area contributed by atoms with Crippen LogP contribution in [0.2, 0.25) is 0 Å². The van der Waals surface area contributed by atoms with Crippen molar-refractivity contribution in [3.8, 4) is 0 Å². The predicted octanol–water partition coefficient (Wildman–Crippen LogP) is 3.96. The van der Waals surface area contributed by atoms with Crippen molar-refractivity contribution in [3.05, 3.63) is 64.7 Å².